The Labute approximate surface area is 147 Å². The molecule has 3 nitrogen and oxygen atoms in total. The van der Waals surface area contributed by atoms with Crippen molar-refractivity contribution in [3.8, 4) is 11.5 Å². The number of amides is 1. The van der Waals surface area contributed by atoms with Gasteiger partial charge in [0.25, 0.3) is 0 Å². The lowest BCUT2D eigenvalue weighted by atomic mass is 10.1. The first-order valence-corrected chi connectivity index (χ1v) is 8.48. The Morgan fingerprint density at radius 2 is 1.32 bits per heavy atom. The molecule has 1 aliphatic rings. The van der Waals surface area contributed by atoms with Gasteiger partial charge in [0.2, 0.25) is 5.91 Å². The molecule has 0 radical (unpaired) electrons. The Hall–Kier alpha value is -3.07. The number of nitrogens with one attached hydrogen (secondary N) is 1. The van der Waals surface area contributed by atoms with E-state index in [1.807, 2.05) is 66.7 Å². The van der Waals surface area contributed by atoms with Gasteiger partial charge in [0, 0.05) is 11.6 Å². The van der Waals surface area contributed by atoms with Gasteiger partial charge in [0.1, 0.15) is 11.5 Å². The van der Waals surface area contributed by atoms with Gasteiger partial charge in [-0.3, -0.25) is 4.79 Å². The number of hydrogen-bond acceptors (Lipinski definition) is 2. The standard InChI is InChI=1S/C22H19NO2/c24-22(18-14-16-6-4-5-7-17(16)15-18)23-19-10-12-21(13-11-19)25-20-8-2-1-3-9-20/h1-13,18H,14-15H2,(H,23,24). The molecular weight excluding hydrogens is 310 g/mol. The lowest BCUT2D eigenvalue weighted by Crippen LogP contribution is -2.23. The van der Waals surface area contributed by atoms with Crippen LogP contribution in [0.3, 0.4) is 0 Å². The van der Waals surface area contributed by atoms with E-state index in [0.717, 1.165) is 30.0 Å². The summed E-state index contributed by atoms with van der Waals surface area (Å²) in [6, 6.07) is 25.4. The highest BCUT2D eigenvalue weighted by atomic mass is 16.5. The zero-order valence-corrected chi connectivity index (χ0v) is 13.8. The summed E-state index contributed by atoms with van der Waals surface area (Å²) in [5.74, 6) is 1.63. The normalized spacial score (nSPS) is 13.3. The lowest BCUT2D eigenvalue weighted by Gasteiger charge is -2.11. The van der Waals surface area contributed by atoms with Crippen LogP contribution in [0.1, 0.15) is 11.1 Å². The highest BCUT2D eigenvalue weighted by Gasteiger charge is 2.26. The van der Waals surface area contributed by atoms with Crippen LogP contribution in [-0.4, -0.2) is 5.91 Å². The molecule has 0 aromatic heterocycles. The number of rotatable bonds is 4. The van der Waals surface area contributed by atoms with E-state index in [-0.39, 0.29) is 11.8 Å². The molecule has 0 unspecified atom stereocenters. The summed E-state index contributed by atoms with van der Waals surface area (Å²) >= 11 is 0. The molecule has 124 valence electrons. The summed E-state index contributed by atoms with van der Waals surface area (Å²) in [6.45, 7) is 0. The number of carbonyl (C=O) groups is 1. The molecule has 0 saturated heterocycles. The predicted molar refractivity (Wildman–Crippen MR) is 98.9 cm³/mol. The molecule has 4 rings (SSSR count). The van der Waals surface area contributed by atoms with E-state index in [4.69, 9.17) is 4.74 Å². The molecular formula is C22H19NO2. The average Bonchev–Trinajstić information content (AvgIpc) is 3.09. The largest absolute Gasteiger partial charge is 0.457 e. The Bertz CT molecular complexity index is 847. The Balaban J connectivity index is 1.38. The van der Waals surface area contributed by atoms with Gasteiger partial charge in [-0.25, -0.2) is 0 Å². The Morgan fingerprint density at radius 3 is 1.96 bits per heavy atom. The molecule has 0 bridgehead atoms. The van der Waals surface area contributed by atoms with Crippen molar-refractivity contribution in [2.45, 2.75) is 12.8 Å². The molecule has 1 N–H and O–H groups in total. The van der Waals surface area contributed by atoms with Crippen LogP contribution in [-0.2, 0) is 17.6 Å². The minimum absolute atomic E-state index is 0.0117. The fourth-order valence-electron chi connectivity index (χ4n) is 3.22. The van der Waals surface area contributed by atoms with Crippen LogP contribution in [0.25, 0.3) is 0 Å². The minimum atomic E-state index is 0.0117. The highest BCUT2D eigenvalue weighted by Crippen LogP contribution is 2.28. The second-order valence-corrected chi connectivity index (χ2v) is 6.30. The van der Waals surface area contributed by atoms with E-state index in [1.54, 1.807) is 0 Å². The first kappa shape index (κ1) is 15.5. The maximum atomic E-state index is 12.5. The van der Waals surface area contributed by atoms with Crippen LogP contribution in [0.4, 0.5) is 5.69 Å². The maximum absolute atomic E-state index is 12.5. The lowest BCUT2D eigenvalue weighted by molar-refractivity contribution is -0.119. The summed E-state index contributed by atoms with van der Waals surface area (Å²) < 4.78 is 5.77. The number of benzene rings is 3. The number of carbonyl (C=O) groups excluding carboxylic acids is 1. The van der Waals surface area contributed by atoms with E-state index in [9.17, 15) is 4.79 Å². The van der Waals surface area contributed by atoms with Crippen molar-refractivity contribution >= 4 is 11.6 Å². The van der Waals surface area contributed by atoms with Gasteiger partial charge in [0.05, 0.1) is 0 Å². The summed E-state index contributed by atoms with van der Waals surface area (Å²) in [5, 5.41) is 3.02. The summed E-state index contributed by atoms with van der Waals surface area (Å²) in [7, 11) is 0. The zero-order valence-electron chi connectivity index (χ0n) is 13.8. The third-order valence-electron chi connectivity index (χ3n) is 4.52. The van der Waals surface area contributed by atoms with Crippen molar-refractivity contribution in [1.29, 1.82) is 0 Å². The summed E-state index contributed by atoms with van der Waals surface area (Å²) in [5.41, 5.74) is 3.37. The van der Waals surface area contributed by atoms with Gasteiger partial charge < -0.3 is 10.1 Å². The number of ether oxygens (including phenoxy) is 1. The zero-order chi connectivity index (χ0) is 17.1. The maximum Gasteiger partial charge on any atom is 0.228 e. The molecule has 0 saturated carbocycles. The topological polar surface area (TPSA) is 38.3 Å². The number of fused-ring (bicyclic) bond motifs is 1. The quantitative estimate of drug-likeness (QED) is 0.744. The predicted octanol–water partition coefficient (Wildman–Crippen LogP) is 4.83. The van der Waals surface area contributed by atoms with Crippen molar-refractivity contribution in [2.24, 2.45) is 5.92 Å². The van der Waals surface area contributed by atoms with Crippen molar-refractivity contribution in [1.82, 2.24) is 0 Å². The third-order valence-corrected chi connectivity index (χ3v) is 4.52. The molecule has 0 aliphatic heterocycles. The van der Waals surface area contributed by atoms with Crippen LogP contribution in [0, 0.1) is 5.92 Å². The van der Waals surface area contributed by atoms with Crippen LogP contribution in [0.2, 0.25) is 0 Å². The molecule has 1 amide bonds. The SMILES string of the molecule is O=C(Nc1ccc(Oc2ccccc2)cc1)C1Cc2ccccc2C1. The third kappa shape index (κ3) is 3.56. The van der Waals surface area contributed by atoms with Crippen LogP contribution in [0.15, 0.2) is 78.9 Å². The van der Waals surface area contributed by atoms with Gasteiger partial charge in [-0.05, 0) is 60.4 Å². The molecule has 0 spiro atoms. The van der Waals surface area contributed by atoms with Crippen LogP contribution < -0.4 is 10.1 Å². The van der Waals surface area contributed by atoms with Gasteiger partial charge >= 0.3 is 0 Å². The Morgan fingerprint density at radius 1 is 0.760 bits per heavy atom. The van der Waals surface area contributed by atoms with E-state index in [2.05, 4.69) is 17.4 Å². The van der Waals surface area contributed by atoms with Crippen LogP contribution in [0.5, 0.6) is 11.5 Å². The molecule has 1 aliphatic carbocycles. The van der Waals surface area contributed by atoms with Crippen molar-refractivity contribution in [3.05, 3.63) is 90.0 Å². The van der Waals surface area contributed by atoms with E-state index in [0.29, 0.717) is 0 Å². The van der Waals surface area contributed by atoms with Gasteiger partial charge in [-0.2, -0.15) is 0 Å². The van der Waals surface area contributed by atoms with Crippen molar-refractivity contribution < 1.29 is 9.53 Å². The van der Waals surface area contributed by atoms with E-state index < -0.39 is 0 Å². The van der Waals surface area contributed by atoms with Crippen molar-refractivity contribution in [2.75, 3.05) is 5.32 Å². The second-order valence-electron chi connectivity index (χ2n) is 6.30. The minimum Gasteiger partial charge on any atom is -0.457 e. The van der Waals surface area contributed by atoms with Gasteiger partial charge in [0.15, 0.2) is 0 Å². The summed E-state index contributed by atoms with van der Waals surface area (Å²) in [6.07, 6.45) is 1.63. The molecule has 0 fully saturated rings. The van der Waals surface area contributed by atoms with Gasteiger partial charge in [-0.15, -0.1) is 0 Å². The molecule has 3 heteroatoms. The smallest absolute Gasteiger partial charge is 0.228 e. The summed E-state index contributed by atoms with van der Waals surface area (Å²) in [4.78, 5) is 12.5. The molecule has 0 atom stereocenters. The number of anilines is 1. The Kier molecular flexibility index (Phi) is 4.21. The number of hydrogen-bond donors (Lipinski definition) is 1. The van der Waals surface area contributed by atoms with Gasteiger partial charge in [-0.1, -0.05) is 42.5 Å². The molecule has 25 heavy (non-hydrogen) atoms. The van der Waals surface area contributed by atoms with E-state index in [1.165, 1.54) is 11.1 Å². The highest BCUT2D eigenvalue weighted by molar-refractivity contribution is 5.93. The monoisotopic (exact) mass is 329 g/mol. The molecule has 3 aromatic rings. The first-order valence-electron chi connectivity index (χ1n) is 8.48. The number of para-hydroxylation sites is 1. The van der Waals surface area contributed by atoms with E-state index >= 15 is 0 Å². The molecule has 3 aromatic carbocycles. The van der Waals surface area contributed by atoms with Crippen LogP contribution >= 0.6 is 0 Å². The second kappa shape index (κ2) is 6.81. The average molecular weight is 329 g/mol. The van der Waals surface area contributed by atoms with Crippen molar-refractivity contribution in [3.63, 3.8) is 0 Å². The fraction of sp³-hybridized carbons (Fsp3) is 0.136. The fourth-order valence-corrected chi connectivity index (χ4v) is 3.22. The molecule has 0 heterocycles. The first-order chi connectivity index (χ1) is 12.3.